The molecule has 3 rings (SSSR count). The number of fused-ring (bicyclic) bond motifs is 1. The van der Waals surface area contributed by atoms with E-state index in [1.165, 1.54) is 46.0 Å². The highest BCUT2D eigenvalue weighted by Crippen LogP contribution is 2.32. The first-order valence-electron chi connectivity index (χ1n) is 8.26. The van der Waals surface area contributed by atoms with Crippen LogP contribution in [0.1, 0.15) is 43.8 Å². The topological polar surface area (TPSA) is 92.3 Å². The van der Waals surface area contributed by atoms with Crippen LogP contribution in [0.5, 0.6) is 0 Å². The zero-order valence-electron chi connectivity index (χ0n) is 14.5. The number of carbonyl (C=O) groups excluding carboxylic acids is 2. The Morgan fingerprint density at radius 3 is 2.42 bits per heavy atom. The maximum atomic E-state index is 12.3. The van der Waals surface area contributed by atoms with Gasteiger partial charge in [-0.15, -0.1) is 11.3 Å². The fourth-order valence-electron chi connectivity index (χ4n) is 2.92. The summed E-state index contributed by atoms with van der Waals surface area (Å²) in [5, 5.41) is 0. The highest BCUT2D eigenvalue weighted by atomic mass is 32.2. The molecule has 0 bridgehead atoms. The Bertz CT molecular complexity index is 946. The molecule has 0 fully saturated rings. The second-order valence-corrected chi connectivity index (χ2v) is 9.76. The monoisotopic (exact) mass is 392 g/mol. The zero-order valence-corrected chi connectivity index (χ0v) is 16.2. The van der Waals surface area contributed by atoms with Crippen molar-refractivity contribution in [2.45, 2.75) is 31.1 Å². The fourth-order valence-corrected chi connectivity index (χ4v) is 4.65. The molecule has 0 saturated heterocycles. The van der Waals surface area contributed by atoms with E-state index < -0.39 is 15.7 Å². The molecule has 1 aliphatic rings. The van der Waals surface area contributed by atoms with Gasteiger partial charge in [0.15, 0.2) is 9.84 Å². The van der Waals surface area contributed by atoms with E-state index in [9.17, 15) is 18.0 Å². The van der Waals surface area contributed by atoms with Crippen LogP contribution in [0.3, 0.4) is 0 Å². The molecule has 2 N–H and O–H groups in total. The second kappa shape index (κ2) is 7.20. The van der Waals surface area contributed by atoms with Gasteiger partial charge in [-0.2, -0.15) is 0 Å². The van der Waals surface area contributed by atoms with E-state index >= 15 is 0 Å². The number of aryl methyl sites for hydroxylation is 1. The van der Waals surface area contributed by atoms with Gasteiger partial charge < -0.3 is 0 Å². The van der Waals surface area contributed by atoms with Crippen molar-refractivity contribution in [2.24, 2.45) is 5.92 Å². The van der Waals surface area contributed by atoms with E-state index in [1.54, 1.807) is 0 Å². The van der Waals surface area contributed by atoms with Crippen molar-refractivity contribution in [3.8, 4) is 0 Å². The summed E-state index contributed by atoms with van der Waals surface area (Å²) in [5.74, 6) is -0.228. The second-order valence-electron chi connectivity index (χ2n) is 6.61. The van der Waals surface area contributed by atoms with Gasteiger partial charge in [0.25, 0.3) is 11.8 Å². The number of hydrogen-bond acceptors (Lipinski definition) is 5. The van der Waals surface area contributed by atoms with Crippen LogP contribution in [0.25, 0.3) is 0 Å². The lowest BCUT2D eigenvalue weighted by Crippen LogP contribution is -2.41. The van der Waals surface area contributed by atoms with Crippen molar-refractivity contribution in [1.29, 1.82) is 0 Å². The van der Waals surface area contributed by atoms with Crippen LogP contribution in [-0.4, -0.2) is 26.5 Å². The quantitative estimate of drug-likeness (QED) is 0.785. The average molecular weight is 393 g/mol. The van der Waals surface area contributed by atoms with Crippen molar-refractivity contribution in [1.82, 2.24) is 10.9 Å². The Kier molecular flexibility index (Phi) is 5.15. The van der Waals surface area contributed by atoms with Crippen LogP contribution in [-0.2, 0) is 22.7 Å². The van der Waals surface area contributed by atoms with Crippen molar-refractivity contribution in [2.75, 3.05) is 6.26 Å². The van der Waals surface area contributed by atoms with Gasteiger partial charge in [0.2, 0.25) is 0 Å². The molecule has 0 aliphatic heterocycles. The van der Waals surface area contributed by atoms with Crippen LogP contribution < -0.4 is 10.9 Å². The molecular weight excluding hydrogens is 372 g/mol. The van der Waals surface area contributed by atoms with Gasteiger partial charge in [0.1, 0.15) is 0 Å². The lowest BCUT2D eigenvalue weighted by Gasteiger charge is -2.16. The summed E-state index contributed by atoms with van der Waals surface area (Å²) >= 11 is 1.47. The summed E-state index contributed by atoms with van der Waals surface area (Å²) in [6.45, 7) is 2.20. The first-order chi connectivity index (χ1) is 12.2. The van der Waals surface area contributed by atoms with Crippen LogP contribution >= 0.6 is 11.3 Å². The Balaban J connectivity index is 1.62. The lowest BCUT2D eigenvalue weighted by atomic mass is 9.90. The van der Waals surface area contributed by atoms with E-state index in [0.29, 0.717) is 10.8 Å². The predicted molar refractivity (Wildman–Crippen MR) is 100.0 cm³/mol. The number of carbonyl (C=O) groups is 2. The minimum absolute atomic E-state index is 0.136. The summed E-state index contributed by atoms with van der Waals surface area (Å²) in [4.78, 5) is 26.3. The Morgan fingerprint density at radius 2 is 1.77 bits per heavy atom. The molecular formula is C18H20N2O4S2. The molecule has 1 aliphatic carbocycles. The standard InChI is InChI=1S/C18H20N2O4S2/c1-11-3-8-15-13(9-11)10-16(25-15)18(22)20-19-17(21)12-4-6-14(7-5-12)26(2,23)24/h4-7,10-11H,3,8-9H2,1-2H3,(H,19,21)(H,20,22). The summed E-state index contributed by atoms with van der Waals surface area (Å²) in [5.41, 5.74) is 6.26. The first-order valence-corrected chi connectivity index (χ1v) is 11.0. The first kappa shape index (κ1) is 18.6. The molecule has 1 aromatic heterocycles. The van der Waals surface area contributed by atoms with Crippen LogP contribution in [0.2, 0.25) is 0 Å². The number of sulfone groups is 1. The van der Waals surface area contributed by atoms with Gasteiger partial charge in [-0.3, -0.25) is 20.4 Å². The normalized spacial score (nSPS) is 16.6. The van der Waals surface area contributed by atoms with E-state index in [-0.39, 0.29) is 16.4 Å². The molecule has 1 atom stereocenters. The Labute approximate surface area is 156 Å². The molecule has 1 unspecified atom stereocenters. The Morgan fingerprint density at radius 1 is 1.12 bits per heavy atom. The molecule has 138 valence electrons. The molecule has 6 nitrogen and oxygen atoms in total. The lowest BCUT2D eigenvalue weighted by molar-refractivity contribution is 0.0849. The molecule has 26 heavy (non-hydrogen) atoms. The number of benzene rings is 1. The molecule has 2 aromatic rings. The number of hydrogen-bond donors (Lipinski definition) is 2. The molecule has 8 heteroatoms. The fraction of sp³-hybridized carbons (Fsp3) is 0.333. The molecule has 0 radical (unpaired) electrons. The van der Waals surface area contributed by atoms with Crippen molar-refractivity contribution < 1.29 is 18.0 Å². The van der Waals surface area contributed by atoms with Crippen molar-refractivity contribution >= 4 is 33.0 Å². The third-order valence-electron chi connectivity index (χ3n) is 4.39. The van der Waals surface area contributed by atoms with E-state index in [2.05, 4.69) is 17.8 Å². The number of thiophene rings is 1. The number of hydrazine groups is 1. The predicted octanol–water partition coefficient (Wildman–Crippen LogP) is 2.35. The van der Waals surface area contributed by atoms with Gasteiger partial charge >= 0.3 is 0 Å². The minimum Gasteiger partial charge on any atom is -0.267 e. The molecule has 0 spiro atoms. The van der Waals surface area contributed by atoms with Gasteiger partial charge in [0, 0.05) is 16.7 Å². The molecule has 2 amide bonds. The zero-order chi connectivity index (χ0) is 18.9. The minimum atomic E-state index is -3.31. The van der Waals surface area contributed by atoms with Crippen LogP contribution in [0, 0.1) is 5.92 Å². The van der Waals surface area contributed by atoms with Gasteiger partial charge in [-0.05, 0) is 61.1 Å². The van der Waals surface area contributed by atoms with Crippen LogP contribution in [0.15, 0.2) is 35.2 Å². The molecule has 0 saturated carbocycles. The SMILES string of the molecule is CC1CCc2sc(C(=O)NNC(=O)c3ccc(S(C)(=O)=O)cc3)cc2C1. The molecule has 1 heterocycles. The largest absolute Gasteiger partial charge is 0.279 e. The molecule has 1 aromatic carbocycles. The van der Waals surface area contributed by atoms with Crippen molar-refractivity contribution in [3.05, 3.63) is 51.2 Å². The number of rotatable bonds is 3. The Hall–Kier alpha value is -2.19. The smallest absolute Gasteiger partial charge is 0.267 e. The number of amides is 2. The maximum absolute atomic E-state index is 12.3. The summed E-state index contributed by atoms with van der Waals surface area (Å²) in [6.07, 6.45) is 4.21. The van der Waals surface area contributed by atoms with Crippen molar-refractivity contribution in [3.63, 3.8) is 0 Å². The van der Waals surface area contributed by atoms with Gasteiger partial charge in [-0.25, -0.2) is 8.42 Å². The third-order valence-corrected chi connectivity index (χ3v) is 6.75. The highest BCUT2D eigenvalue weighted by Gasteiger charge is 2.21. The number of nitrogens with one attached hydrogen (secondary N) is 2. The van der Waals surface area contributed by atoms with E-state index in [0.717, 1.165) is 25.5 Å². The maximum Gasteiger partial charge on any atom is 0.279 e. The van der Waals surface area contributed by atoms with E-state index in [4.69, 9.17) is 0 Å². The average Bonchev–Trinajstić information content (AvgIpc) is 3.02. The summed E-state index contributed by atoms with van der Waals surface area (Å²) < 4.78 is 22.9. The van der Waals surface area contributed by atoms with Crippen LogP contribution in [0.4, 0.5) is 0 Å². The van der Waals surface area contributed by atoms with E-state index in [1.807, 2.05) is 6.07 Å². The third kappa shape index (κ3) is 4.13. The highest BCUT2D eigenvalue weighted by molar-refractivity contribution is 7.90. The van der Waals surface area contributed by atoms with Gasteiger partial charge in [-0.1, -0.05) is 6.92 Å². The van der Waals surface area contributed by atoms with Gasteiger partial charge in [0.05, 0.1) is 9.77 Å². The summed E-state index contributed by atoms with van der Waals surface area (Å²) in [7, 11) is -3.31. The summed E-state index contributed by atoms with van der Waals surface area (Å²) in [6, 6.07) is 7.44.